The molecule has 0 spiro atoms. The van der Waals surface area contributed by atoms with Crippen LogP contribution < -0.4 is 15.4 Å². The number of halogens is 1. The van der Waals surface area contributed by atoms with Crippen molar-refractivity contribution in [3.63, 3.8) is 0 Å². The minimum absolute atomic E-state index is 0.0126. The lowest BCUT2D eigenvalue weighted by molar-refractivity contribution is -0.123. The maximum atomic E-state index is 13.7. The molecule has 7 heteroatoms. The minimum Gasteiger partial charge on any atom is -0.494 e. The molecule has 2 heterocycles. The van der Waals surface area contributed by atoms with Gasteiger partial charge in [-0.1, -0.05) is 12.1 Å². The van der Waals surface area contributed by atoms with Crippen LogP contribution in [0.1, 0.15) is 49.1 Å². The molecule has 2 amide bonds. The molecule has 1 fully saturated rings. The summed E-state index contributed by atoms with van der Waals surface area (Å²) in [6, 6.07) is 8.64. The van der Waals surface area contributed by atoms with Crippen LogP contribution >= 0.6 is 11.3 Å². The number of benzene rings is 1. The number of ether oxygens (including phenoxy) is 1. The number of thiophene rings is 1. The number of rotatable bonds is 8. The fourth-order valence-electron chi connectivity index (χ4n) is 3.66. The van der Waals surface area contributed by atoms with Crippen LogP contribution in [0.5, 0.6) is 5.75 Å². The van der Waals surface area contributed by atoms with Crippen LogP contribution in [0.25, 0.3) is 0 Å². The van der Waals surface area contributed by atoms with Crippen LogP contribution in [0.3, 0.4) is 0 Å². The van der Waals surface area contributed by atoms with Crippen molar-refractivity contribution in [3.05, 3.63) is 52.0 Å². The van der Waals surface area contributed by atoms with E-state index in [0.29, 0.717) is 32.1 Å². The van der Waals surface area contributed by atoms with E-state index in [1.807, 2.05) is 24.4 Å². The maximum absolute atomic E-state index is 13.7. The molecule has 2 N–H and O–H groups in total. The summed E-state index contributed by atoms with van der Waals surface area (Å²) in [5, 5.41) is 8.05. The SMILES string of the molecule is COc1cc(C[C@]2(CCC(=O)N[C@H](C)c3cccs3)CCC(=O)N2)ccc1F. The molecule has 1 saturated heterocycles. The van der Waals surface area contributed by atoms with E-state index < -0.39 is 11.4 Å². The van der Waals surface area contributed by atoms with Crippen LogP contribution in [-0.2, 0) is 16.0 Å². The maximum Gasteiger partial charge on any atom is 0.220 e. The molecule has 0 unspecified atom stereocenters. The van der Waals surface area contributed by atoms with E-state index in [-0.39, 0.29) is 23.6 Å². The number of hydrogen-bond donors (Lipinski definition) is 2. The zero-order valence-corrected chi connectivity index (χ0v) is 16.9. The van der Waals surface area contributed by atoms with E-state index in [0.717, 1.165) is 10.4 Å². The molecule has 150 valence electrons. The molecule has 1 aromatic heterocycles. The summed E-state index contributed by atoms with van der Waals surface area (Å²) in [7, 11) is 1.43. The Morgan fingerprint density at radius 1 is 1.43 bits per heavy atom. The van der Waals surface area contributed by atoms with Gasteiger partial charge in [0, 0.05) is 23.3 Å². The van der Waals surface area contributed by atoms with Crippen LogP contribution in [0.4, 0.5) is 4.39 Å². The van der Waals surface area contributed by atoms with Gasteiger partial charge in [-0.3, -0.25) is 9.59 Å². The van der Waals surface area contributed by atoms with Crippen molar-refractivity contribution in [3.8, 4) is 5.75 Å². The highest BCUT2D eigenvalue weighted by molar-refractivity contribution is 7.10. The Kier molecular flexibility index (Phi) is 6.34. The van der Waals surface area contributed by atoms with Gasteiger partial charge in [0.25, 0.3) is 0 Å². The summed E-state index contributed by atoms with van der Waals surface area (Å²) < 4.78 is 18.7. The van der Waals surface area contributed by atoms with Gasteiger partial charge in [0.1, 0.15) is 0 Å². The van der Waals surface area contributed by atoms with Crippen LogP contribution in [0, 0.1) is 5.82 Å². The minimum atomic E-state index is -0.497. The second-order valence-corrected chi connectivity index (χ2v) is 8.26. The van der Waals surface area contributed by atoms with E-state index in [1.54, 1.807) is 23.5 Å². The quantitative estimate of drug-likeness (QED) is 0.704. The first-order valence-corrected chi connectivity index (χ1v) is 10.2. The first kappa shape index (κ1) is 20.3. The topological polar surface area (TPSA) is 67.4 Å². The summed E-state index contributed by atoms with van der Waals surface area (Å²) in [6.07, 6.45) is 2.46. The number of methoxy groups -OCH3 is 1. The van der Waals surface area contributed by atoms with Crippen molar-refractivity contribution >= 4 is 23.2 Å². The van der Waals surface area contributed by atoms with E-state index >= 15 is 0 Å². The van der Waals surface area contributed by atoms with Crippen LogP contribution in [-0.4, -0.2) is 24.5 Å². The zero-order chi connectivity index (χ0) is 20.1. The van der Waals surface area contributed by atoms with E-state index in [4.69, 9.17) is 4.74 Å². The summed E-state index contributed by atoms with van der Waals surface area (Å²) in [5.74, 6) is -0.295. The normalized spacial score (nSPS) is 19.9. The highest BCUT2D eigenvalue weighted by Gasteiger charge is 2.38. The molecular formula is C21H25FN2O3S. The Balaban J connectivity index is 1.65. The van der Waals surface area contributed by atoms with Gasteiger partial charge in [0.05, 0.1) is 13.2 Å². The number of nitrogens with one attached hydrogen (secondary N) is 2. The average molecular weight is 405 g/mol. The van der Waals surface area contributed by atoms with E-state index in [1.165, 1.54) is 13.2 Å². The highest BCUT2D eigenvalue weighted by Crippen LogP contribution is 2.31. The number of carbonyl (C=O) groups excluding carboxylic acids is 2. The van der Waals surface area contributed by atoms with Gasteiger partial charge in [-0.15, -0.1) is 11.3 Å². The highest BCUT2D eigenvalue weighted by atomic mass is 32.1. The van der Waals surface area contributed by atoms with Crippen molar-refractivity contribution in [1.29, 1.82) is 0 Å². The van der Waals surface area contributed by atoms with Crippen molar-refractivity contribution < 1.29 is 18.7 Å². The first-order chi connectivity index (χ1) is 13.4. The first-order valence-electron chi connectivity index (χ1n) is 9.37. The largest absolute Gasteiger partial charge is 0.494 e. The molecule has 2 aromatic rings. The second kappa shape index (κ2) is 8.73. The van der Waals surface area contributed by atoms with Crippen molar-refractivity contribution in [2.45, 2.75) is 50.6 Å². The monoisotopic (exact) mass is 404 g/mol. The summed E-state index contributed by atoms with van der Waals surface area (Å²) >= 11 is 1.61. The third-order valence-corrected chi connectivity index (χ3v) is 6.23. The van der Waals surface area contributed by atoms with Gasteiger partial charge in [-0.05, 0) is 55.3 Å². The number of hydrogen-bond acceptors (Lipinski definition) is 4. The van der Waals surface area contributed by atoms with Gasteiger partial charge in [-0.25, -0.2) is 4.39 Å². The molecule has 28 heavy (non-hydrogen) atoms. The lowest BCUT2D eigenvalue weighted by atomic mass is 9.85. The summed E-state index contributed by atoms with van der Waals surface area (Å²) in [6.45, 7) is 1.96. The molecule has 0 bridgehead atoms. The zero-order valence-electron chi connectivity index (χ0n) is 16.1. The molecule has 1 aliphatic heterocycles. The molecule has 2 atom stereocenters. The molecule has 1 aliphatic rings. The molecule has 0 aliphatic carbocycles. The molecule has 0 radical (unpaired) electrons. The second-order valence-electron chi connectivity index (χ2n) is 7.28. The summed E-state index contributed by atoms with van der Waals surface area (Å²) in [4.78, 5) is 25.5. The molecule has 1 aromatic carbocycles. The number of carbonyl (C=O) groups is 2. The Morgan fingerprint density at radius 3 is 2.89 bits per heavy atom. The Labute approximate surface area is 168 Å². The third kappa shape index (κ3) is 4.90. The third-order valence-electron chi connectivity index (χ3n) is 5.17. The van der Waals surface area contributed by atoms with Gasteiger partial charge >= 0.3 is 0 Å². The van der Waals surface area contributed by atoms with Crippen molar-refractivity contribution in [1.82, 2.24) is 10.6 Å². The predicted molar refractivity (Wildman–Crippen MR) is 107 cm³/mol. The van der Waals surface area contributed by atoms with Gasteiger partial charge < -0.3 is 15.4 Å². The average Bonchev–Trinajstić information content (AvgIpc) is 3.32. The number of amides is 2. The van der Waals surface area contributed by atoms with Gasteiger partial charge in [-0.2, -0.15) is 0 Å². The summed E-state index contributed by atoms with van der Waals surface area (Å²) in [5.41, 5.74) is 0.372. The fourth-order valence-corrected chi connectivity index (χ4v) is 4.40. The van der Waals surface area contributed by atoms with Crippen LogP contribution in [0.2, 0.25) is 0 Å². The Morgan fingerprint density at radius 2 is 2.25 bits per heavy atom. The van der Waals surface area contributed by atoms with Gasteiger partial charge in [0.2, 0.25) is 11.8 Å². The van der Waals surface area contributed by atoms with Crippen molar-refractivity contribution in [2.75, 3.05) is 7.11 Å². The molecule has 0 saturated carbocycles. The lowest BCUT2D eigenvalue weighted by Gasteiger charge is -2.29. The smallest absolute Gasteiger partial charge is 0.220 e. The Bertz CT molecular complexity index is 840. The lowest BCUT2D eigenvalue weighted by Crippen LogP contribution is -2.44. The van der Waals surface area contributed by atoms with E-state index in [9.17, 15) is 14.0 Å². The van der Waals surface area contributed by atoms with Gasteiger partial charge in [0.15, 0.2) is 11.6 Å². The standard InChI is InChI=1S/C21H25FN2O3S/c1-14(18-4-3-11-28-18)23-19(25)7-9-21(10-8-20(26)24-21)13-15-5-6-16(22)17(12-15)27-2/h3-6,11-12,14H,7-10,13H2,1-2H3,(H,23,25)(H,24,26)/t14-,21+/m1/s1. The van der Waals surface area contributed by atoms with E-state index in [2.05, 4.69) is 10.6 Å². The van der Waals surface area contributed by atoms with Crippen molar-refractivity contribution in [2.24, 2.45) is 0 Å². The molecule has 3 rings (SSSR count). The van der Waals surface area contributed by atoms with Crippen LogP contribution in [0.15, 0.2) is 35.7 Å². The fraction of sp³-hybridized carbons (Fsp3) is 0.429. The Hall–Kier alpha value is -2.41. The predicted octanol–water partition coefficient (Wildman–Crippen LogP) is 3.74. The molecule has 5 nitrogen and oxygen atoms in total. The molecular weight excluding hydrogens is 379 g/mol.